The fraction of sp³-hybridized carbons (Fsp3) is 0.462. The van der Waals surface area contributed by atoms with Crippen molar-refractivity contribution in [2.75, 3.05) is 14.2 Å². The Hall–Kier alpha value is -1.76. The third-order valence-corrected chi connectivity index (χ3v) is 5.73. The van der Waals surface area contributed by atoms with Crippen LogP contribution in [0.3, 0.4) is 0 Å². The molecule has 0 aliphatic carbocycles. The first-order valence-electron chi connectivity index (χ1n) is 6.41. The van der Waals surface area contributed by atoms with Gasteiger partial charge in [0.2, 0.25) is 0 Å². The van der Waals surface area contributed by atoms with Gasteiger partial charge in [0, 0.05) is 26.4 Å². The number of esters is 1. The zero-order valence-corrected chi connectivity index (χ0v) is 13.6. The lowest BCUT2D eigenvalue weighted by Gasteiger charge is -2.25. The number of hydrogen-bond acceptors (Lipinski definition) is 7. The van der Waals surface area contributed by atoms with Crippen LogP contribution in [0.4, 0.5) is 5.69 Å². The summed E-state index contributed by atoms with van der Waals surface area (Å²) in [5.41, 5.74) is -0.625. The van der Waals surface area contributed by atoms with Gasteiger partial charge in [0.1, 0.15) is 6.10 Å². The third kappa shape index (κ3) is 4.13. The largest absolute Gasteiger partial charge is 0.458 e. The van der Waals surface area contributed by atoms with E-state index in [1.165, 1.54) is 38.5 Å². The van der Waals surface area contributed by atoms with E-state index in [-0.39, 0.29) is 11.3 Å². The zero-order chi connectivity index (χ0) is 16.9. The number of nitro groups is 1. The molecule has 0 spiro atoms. The normalized spacial score (nSPS) is 14.2. The van der Waals surface area contributed by atoms with Gasteiger partial charge in [0.25, 0.3) is 5.69 Å². The molecule has 0 aromatic heterocycles. The van der Waals surface area contributed by atoms with E-state index in [4.69, 9.17) is 13.8 Å². The summed E-state index contributed by atoms with van der Waals surface area (Å²) in [6, 6.07) is 5.01. The SMILES string of the molecule is COP(=O)(OC)[C@H](C)[C@H](C)OC(=O)c1ccc([N+](=O)[O-])cc1. The lowest BCUT2D eigenvalue weighted by atomic mass is 10.2. The molecular formula is C13H18NO7P. The number of hydrogen-bond donors (Lipinski definition) is 0. The van der Waals surface area contributed by atoms with E-state index in [0.29, 0.717) is 0 Å². The van der Waals surface area contributed by atoms with Crippen molar-refractivity contribution < 1.29 is 28.1 Å². The van der Waals surface area contributed by atoms with Crippen molar-refractivity contribution in [1.29, 1.82) is 0 Å². The lowest BCUT2D eigenvalue weighted by Crippen LogP contribution is -2.27. The second-order valence-electron chi connectivity index (χ2n) is 4.56. The Labute approximate surface area is 128 Å². The summed E-state index contributed by atoms with van der Waals surface area (Å²) in [6.45, 7) is 3.15. The Morgan fingerprint density at radius 3 is 2.09 bits per heavy atom. The molecule has 0 amide bonds. The van der Waals surface area contributed by atoms with Crippen LogP contribution in [-0.4, -0.2) is 36.9 Å². The summed E-state index contributed by atoms with van der Waals surface area (Å²) >= 11 is 0. The Balaban J connectivity index is 2.79. The predicted molar refractivity (Wildman–Crippen MR) is 79.1 cm³/mol. The number of nitro benzene ring substituents is 1. The molecule has 8 nitrogen and oxygen atoms in total. The highest BCUT2D eigenvalue weighted by atomic mass is 31.2. The number of rotatable bonds is 7. The molecule has 0 aliphatic rings. The van der Waals surface area contributed by atoms with Gasteiger partial charge in [-0.15, -0.1) is 0 Å². The van der Waals surface area contributed by atoms with E-state index in [2.05, 4.69) is 0 Å². The second-order valence-corrected chi connectivity index (χ2v) is 7.18. The minimum absolute atomic E-state index is 0.124. The number of non-ortho nitro benzene ring substituents is 1. The highest BCUT2D eigenvalue weighted by molar-refractivity contribution is 7.54. The van der Waals surface area contributed by atoms with Gasteiger partial charge in [0.05, 0.1) is 16.1 Å². The van der Waals surface area contributed by atoms with Crippen molar-refractivity contribution in [3.8, 4) is 0 Å². The summed E-state index contributed by atoms with van der Waals surface area (Å²) in [4.78, 5) is 22.0. The number of carbonyl (C=O) groups excluding carboxylic acids is 1. The number of nitrogens with zero attached hydrogens (tertiary/aromatic N) is 1. The van der Waals surface area contributed by atoms with Gasteiger partial charge in [0.15, 0.2) is 0 Å². The molecule has 0 unspecified atom stereocenters. The third-order valence-electron chi connectivity index (χ3n) is 3.29. The Morgan fingerprint density at radius 2 is 1.68 bits per heavy atom. The average molecular weight is 331 g/mol. The molecule has 1 rings (SSSR count). The lowest BCUT2D eigenvalue weighted by molar-refractivity contribution is -0.384. The molecule has 0 saturated heterocycles. The van der Waals surface area contributed by atoms with Crippen molar-refractivity contribution in [3.05, 3.63) is 39.9 Å². The number of benzene rings is 1. The fourth-order valence-electron chi connectivity index (χ4n) is 1.72. The topological polar surface area (TPSA) is 105 Å². The van der Waals surface area contributed by atoms with E-state index in [1.54, 1.807) is 13.8 Å². The molecule has 22 heavy (non-hydrogen) atoms. The second kappa shape index (κ2) is 7.49. The molecule has 0 heterocycles. The molecule has 0 bridgehead atoms. The van der Waals surface area contributed by atoms with Crippen LogP contribution in [0.1, 0.15) is 24.2 Å². The Bertz CT molecular complexity index is 579. The molecule has 1 aromatic rings. The van der Waals surface area contributed by atoms with E-state index in [1.807, 2.05) is 0 Å². The summed E-state index contributed by atoms with van der Waals surface area (Å²) < 4.78 is 27.2. The zero-order valence-electron chi connectivity index (χ0n) is 12.7. The van der Waals surface area contributed by atoms with Gasteiger partial charge in [-0.3, -0.25) is 14.7 Å². The van der Waals surface area contributed by atoms with Crippen molar-refractivity contribution >= 4 is 19.3 Å². The Kier molecular flexibility index (Phi) is 6.22. The van der Waals surface area contributed by atoms with Crippen LogP contribution in [0.15, 0.2) is 24.3 Å². The monoisotopic (exact) mass is 331 g/mol. The minimum Gasteiger partial charge on any atom is -0.458 e. The van der Waals surface area contributed by atoms with Crippen LogP contribution in [-0.2, 0) is 18.3 Å². The molecule has 0 radical (unpaired) electrons. The summed E-state index contributed by atoms with van der Waals surface area (Å²) in [5, 5.41) is 10.6. The summed E-state index contributed by atoms with van der Waals surface area (Å²) in [6.07, 6.45) is -0.728. The minimum atomic E-state index is -3.36. The van der Waals surface area contributed by atoms with Crippen molar-refractivity contribution in [2.45, 2.75) is 25.6 Å². The van der Waals surface area contributed by atoms with Gasteiger partial charge in [-0.1, -0.05) is 0 Å². The first-order valence-corrected chi connectivity index (χ1v) is 8.03. The molecule has 0 fully saturated rings. The molecular weight excluding hydrogens is 313 g/mol. The summed E-state index contributed by atoms with van der Waals surface area (Å²) in [5.74, 6) is -0.673. The summed E-state index contributed by atoms with van der Waals surface area (Å²) in [7, 11) is -0.852. The molecule has 0 saturated carbocycles. The van der Waals surface area contributed by atoms with Crippen LogP contribution in [0.2, 0.25) is 0 Å². The van der Waals surface area contributed by atoms with Crippen molar-refractivity contribution in [3.63, 3.8) is 0 Å². The average Bonchev–Trinajstić information content (AvgIpc) is 2.53. The molecule has 0 N–H and O–H groups in total. The van der Waals surface area contributed by atoms with Crippen LogP contribution in [0.5, 0.6) is 0 Å². The standard InChI is InChI=1S/C13H18NO7P/c1-9(10(2)22(18,19-3)20-4)21-13(15)11-5-7-12(8-6-11)14(16)17/h5-10H,1-4H3/t9-,10+/m0/s1. The Morgan fingerprint density at radius 1 is 1.18 bits per heavy atom. The van der Waals surface area contributed by atoms with E-state index in [9.17, 15) is 19.5 Å². The maximum absolute atomic E-state index is 12.2. The quantitative estimate of drug-likeness (QED) is 0.327. The van der Waals surface area contributed by atoms with E-state index >= 15 is 0 Å². The highest BCUT2D eigenvalue weighted by Crippen LogP contribution is 2.53. The van der Waals surface area contributed by atoms with Gasteiger partial charge in [-0.2, -0.15) is 0 Å². The van der Waals surface area contributed by atoms with Crippen LogP contribution in [0, 0.1) is 10.1 Å². The van der Waals surface area contributed by atoms with Crippen molar-refractivity contribution in [1.82, 2.24) is 0 Å². The first kappa shape index (κ1) is 18.3. The predicted octanol–water partition coefficient (Wildman–Crippen LogP) is 3.01. The number of ether oxygens (including phenoxy) is 1. The molecule has 0 aliphatic heterocycles. The highest BCUT2D eigenvalue weighted by Gasteiger charge is 2.36. The van der Waals surface area contributed by atoms with E-state index < -0.39 is 30.3 Å². The van der Waals surface area contributed by atoms with Crippen LogP contribution in [0.25, 0.3) is 0 Å². The molecule has 1 aromatic carbocycles. The number of carbonyl (C=O) groups is 1. The van der Waals surface area contributed by atoms with Gasteiger partial charge in [-0.05, 0) is 26.0 Å². The molecule has 2 atom stereocenters. The van der Waals surface area contributed by atoms with Gasteiger partial charge >= 0.3 is 13.6 Å². The molecule has 122 valence electrons. The first-order chi connectivity index (χ1) is 10.2. The van der Waals surface area contributed by atoms with Gasteiger partial charge in [-0.25, -0.2) is 4.79 Å². The molecule has 9 heteroatoms. The van der Waals surface area contributed by atoms with Gasteiger partial charge < -0.3 is 13.8 Å². The fourth-order valence-corrected chi connectivity index (χ4v) is 3.11. The maximum Gasteiger partial charge on any atom is 0.338 e. The smallest absolute Gasteiger partial charge is 0.338 e. The van der Waals surface area contributed by atoms with Crippen LogP contribution >= 0.6 is 7.60 Å². The maximum atomic E-state index is 12.2. The van der Waals surface area contributed by atoms with Crippen LogP contribution < -0.4 is 0 Å². The van der Waals surface area contributed by atoms with E-state index in [0.717, 1.165) is 0 Å². The van der Waals surface area contributed by atoms with Crippen molar-refractivity contribution in [2.24, 2.45) is 0 Å².